The first-order valence-corrected chi connectivity index (χ1v) is 5.92. The van der Waals surface area contributed by atoms with E-state index in [0.29, 0.717) is 17.2 Å². The van der Waals surface area contributed by atoms with Gasteiger partial charge in [-0.3, -0.25) is 4.40 Å². The Kier molecular flexibility index (Phi) is 2.83. The molecule has 0 aliphatic carbocycles. The van der Waals surface area contributed by atoms with E-state index in [1.54, 1.807) is 17.6 Å². The molecule has 2 heterocycles. The lowest BCUT2D eigenvalue weighted by molar-refractivity contribution is 0.0696. The Balaban J connectivity index is 2.26. The van der Waals surface area contributed by atoms with Crippen LogP contribution in [0.15, 0.2) is 42.6 Å². The predicted octanol–water partition coefficient (Wildman–Crippen LogP) is 2.10. The molecule has 0 atom stereocenters. The van der Waals surface area contributed by atoms with E-state index < -0.39 is 5.97 Å². The number of aromatic nitrogens is 3. The Labute approximate surface area is 114 Å². The molecule has 100 valence electrons. The molecule has 6 heteroatoms. The zero-order chi connectivity index (χ0) is 14.1. The monoisotopic (exact) mass is 269 g/mol. The molecule has 6 nitrogen and oxygen atoms in total. The number of benzene rings is 1. The maximum Gasteiger partial charge on any atom is 0.337 e. The number of ether oxygens (including phenoxy) is 1. The first-order valence-electron chi connectivity index (χ1n) is 5.92. The third-order valence-electron chi connectivity index (χ3n) is 3.00. The van der Waals surface area contributed by atoms with Crippen LogP contribution in [0.2, 0.25) is 0 Å². The zero-order valence-corrected chi connectivity index (χ0v) is 10.6. The SMILES string of the molecule is COc1ccccc1-c1nnc2ccc(C(=O)O)cn12. The summed E-state index contributed by atoms with van der Waals surface area (Å²) in [5.41, 5.74) is 1.51. The lowest BCUT2D eigenvalue weighted by Crippen LogP contribution is -2.00. The van der Waals surface area contributed by atoms with Crippen molar-refractivity contribution in [1.82, 2.24) is 14.6 Å². The standard InChI is InChI=1S/C14H11N3O3/c1-20-11-5-3-2-4-10(11)13-16-15-12-7-6-9(14(18)19)8-17(12)13/h2-8H,1H3,(H,18,19). The summed E-state index contributed by atoms with van der Waals surface area (Å²) in [5, 5.41) is 17.2. The number of para-hydroxylation sites is 1. The molecular weight excluding hydrogens is 258 g/mol. The third kappa shape index (κ3) is 1.87. The van der Waals surface area contributed by atoms with E-state index in [0.717, 1.165) is 5.56 Å². The highest BCUT2D eigenvalue weighted by molar-refractivity contribution is 5.87. The molecule has 0 unspecified atom stereocenters. The second kappa shape index (κ2) is 4.65. The highest BCUT2D eigenvalue weighted by atomic mass is 16.5. The lowest BCUT2D eigenvalue weighted by Gasteiger charge is -2.06. The first kappa shape index (κ1) is 12.2. The van der Waals surface area contributed by atoms with E-state index in [-0.39, 0.29) is 5.56 Å². The first-order chi connectivity index (χ1) is 9.70. The molecule has 20 heavy (non-hydrogen) atoms. The minimum atomic E-state index is -0.994. The van der Waals surface area contributed by atoms with Crippen molar-refractivity contribution >= 4 is 11.6 Å². The molecule has 0 bridgehead atoms. The van der Waals surface area contributed by atoms with E-state index in [9.17, 15) is 4.79 Å². The van der Waals surface area contributed by atoms with Crippen LogP contribution in [0.1, 0.15) is 10.4 Å². The Bertz CT molecular complexity index is 795. The highest BCUT2D eigenvalue weighted by Gasteiger charge is 2.14. The minimum Gasteiger partial charge on any atom is -0.496 e. The van der Waals surface area contributed by atoms with Gasteiger partial charge in [0.05, 0.1) is 18.2 Å². The fourth-order valence-corrected chi connectivity index (χ4v) is 2.03. The van der Waals surface area contributed by atoms with E-state index in [2.05, 4.69) is 10.2 Å². The molecule has 3 rings (SSSR count). The van der Waals surface area contributed by atoms with Crippen LogP contribution in [-0.4, -0.2) is 32.8 Å². The smallest absolute Gasteiger partial charge is 0.337 e. The summed E-state index contributed by atoms with van der Waals surface area (Å²) >= 11 is 0. The number of carbonyl (C=O) groups is 1. The normalized spacial score (nSPS) is 10.7. The average Bonchev–Trinajstić information content (AvgIpc) is 2.89. The van der Waals surface area contributed by atoms with Crippen molar-refractivity contribution in [3.05, 3.63) is 48.2 Å². The zero-order valence-electron chi connectivity index (χ0n) is 10.6. The second-order valence-corrected chi connectivity index (χ2v) is 4.18. The Morgan fingerprint density at radius 2 is 2.00 bits per heavy atom. The van der Waals surface area contributed by atoms with Gasteiger partial charge in [0.15, 0.2) is 11.5 Å². The minimum absolute atomic E-state index is 0.174. The van der Waals surface area contributed by atoms with E-state index in [1.165, 1.54) is 12.3 Å². The summed E-state index contributed by atoms with van der Waals surface area (Å²) in [5.74, 6) is 0.203. The summed E-state index contributed by atoms with van der Waals surface area (Å²) in [6.07, 6.45) is 1.50. The topological polar surface area (TPSA) is 76.7 Å². The van der Waals surface area contributed by atoms with Gasteiger partial charge in [0.25, 0.3) is 0 Å². The molecule has 0 radical (unpaired) electrons. The van der Waals surface area contributed by atoms with Crippen molar-refractivity contribution in [2.45, 2.75) is 0 Å². The number of methoxy groups -OCH3 is 1. The number of carboxylic acid groups (broad SMARTS) is 1. The van der Waals surface area contributed by atoms with Gasteiger partial charge < -0.3 is 9.84 Å². The van der Waals surface area contributed by atoms with Gasteiger partial charge in [-0.25, -0.2) is 4.79 Å². The fourth-order valence-electron chi connectivity index (χ4n) is 2.03. The molecule has 2 aromatic heterocycles. The van der Waals surface area contributed by atoms with Crippen molar-refractivity contribution in [1.29, 1.82) is 0 Å². The van der Waals surface area contributed by atoms with Gasteiger partial charge >= 0.3 is 5.97 Å². The molecule has 0 saturated carbocycles. The molecule has 1 aromatic carbocycles. The number of carboxylic acids is 1. The molecule has 1 N–H and O–H groups in total. The summed E-state index contributed by atoms with van der Waals surface area (Å²) < 4.78 is 6.94. The van der Waals surface area contributed by atoms with Crippen LogP contribution in [0, 0.1) is 0 Å². The van der Waals surface area contributed by atoms with Gasteiger partial charge in [0.2, 0.25) is 0 Å². The van der Waals surface area contributed by atoms with Crippen molar-refractivity contribution in [3.8, 4) is 17.1 Å². The maximum absolute atomic E-state index is 11.1. The summed E-state index contributed by atoms with van der Waals surface area (Å²) in [7, 11) is 1.57. The van der Waals surface area contributed by atoms with Gasteiger partial charge in [-0.2, -0.15) is 0 Å². The number of nitrogens with zero attached hydrogens (tertiary/aromatic N) is 3. The number of hydrogen-bond donors (Lipinski definition) is 1. The van der Waals surface area contributed by atoms with Crippen molar-refractivity contribution in [2.24, 2.45) is 0 Å². The van der Waals surface area contributed by atoms with Crippen LogP contribution in [0.25, 0.3) is 17.0 Å². The van der Waals surface area contributed by atoms with Crippen molar-refractivity contribution in [3.63, 3.8) is 0 Å². The Morgan fingerprint density at radius 3 is 2.75 bits per heavy atom. The van der Waals surface area contributed by atoms with Gasteiger partial charge in [0.1, 0.15) is 5.75 Å². The Hall–Kier alpha value is -2.89. The van der Waals surface area contributed by atoms with Gasteiger partial charge in [0, 0.05) is 6.20 Å². The van der Waals surface area contributed by atoms with E-state index in [4.69, 9.17) is 9.84 Å². The second-order valence-electron chi connectivity index (χ2n) is 4.18. The van der Waals surface area contributed by atoms with Gasteiger partial charge in [-0.1, -0.05) is 12.1 Å². The Morgan fingerprint density at radius 1 is 1.20 bits per heavy atom. The number of rotatable bonds is 3. The van der Waals surface area contributed by atoms with Crippen LogP contribution in [0.3, 0.4) is 0 Å². The average molecular weight is 269 g/mol. The quantitative estimate of drug-likeness (QED) is 0.788. The molecule has 0 spiro atoms. The van der Waals surface area contributed by atoms with Crippen molar-refractivity contribution < 1.29 is 14.6 Å². The molecule has 0 saturated heterocycles. The van der Waals surface area contributed by atoms with Crippen LogP contribution in [0.4, 0.5) is 0 Å². The molecule has 0 fully saturated rings. The molecule has 0 aliphatic rings. The largest absolute Gasteiger partial charge is 0.496 e. The van der Waals surface area contributed by atoms with Crippen LogP contribution in [0.5, 0.6) is 5.75 Å². The van der Waals surface area contributed by atoms with E-state index in [1.807, 2.05) is 24.3 Å². The predicted molar refractivity (Wildman–Crippen MR) is 71.9 cm³/mol. The van der Waals surface area contributed by atoms with E-state index >= 15 is 0 Å². The molecule has 3 aromatic rings. The van der Waals surface area contributed by atoms with Crippen LogP contribution in [-0.2, 0) is 0 Å². The molecular formula is C14H11N3O3. The highest BCUT2D eigenvalue weighted by Crippen LogP contribution is 2.28. The van der Waals surface area contributed by atoms with Gasteiger partial charge in [-0.15, -0.1) is 10.2 Å². The molecule has 0 amide bonds. The number of aromatic carboxylic acids is 1. The lowest BCUT2D eigenvalue weighted by atomic mass is 10.2. The fraction of sp³-hybridized carbons (Fsp3) is 0.0714. The number of hydrogen-bond acceptors (Lipinski definition) is 4. The molecule has 0 aliphatic heterocycles. The number of fused-ring (bicyclic) bond motifs is 1. The summed E-state index contributed by atoms with van der Waals surface area (Å²) in [6, 6.07) is 10.5. The van der Waals surface area contributed by atoms with Gasteiger partial charge in [-0.05, 0) is 24.3 Å². The third-order valence-corrected chi connectivity index (χ3v) is 3.00. The van der Waals surface area contributed by atoms with Crippen LogP contribution >= 0.6 is 0 Å². The maximum atomic E-state index is 11.1. The number of pyridine rings is 1. The van der Waals surface area contributed by atoms with Crippen molar-refractivity contribution in [2.75, 3.05) is 7.11 Å². The summed E-state index contributed by atoms with van der Waals surface area (Å²) in [4.78, 5) is 11.1. The van der Waals surface area contributed by atoms with Crippen LogP contribution < -0.4 is 4.74 Å². The summed E-state index contributed by atoms with van der Waals surface area (Å²) in [6.45, 7) is 0.